The molecule has 6 aliphatic carbocycles. The lowest BCUT2D eigenvalue weighted by Crippen LogP contribution is -2.17. The van der Waals surface area contributed by atoms with Crippen molar-refractivity contribution in [2.24, 2.45) is 0 Å². The van der Waals surface area contributed by atoms with Crippen LogP contribution < -0.4 is 15.1 Å². The number of rotatable bonds is 15. The lowest BCUT2D eigenvalue weighted by molar-refractivity contribution is -0.0443. The Balaban J connectivity index is 0.000000142. The SMILES string of the molecule is CC1(C)c2cc(-c3ccc4c(c3)C(C)(C)c3cc(N(c5ccccc5)c5ccc(C6OCCO6)cc5)ccc3-4)ccc2-c2ccc(-c3ccc4c(c3)C(C)(C)c3cc(N(c5ccccc5)c5ccc(C6OCCO6)cc5)ccc3-4)cc21.CC1(C)c2cc(Br)ccc2-c2ccc(-c3ccc4c(c3)C(C)(C)c3cc(-c5ccc6c(c5)C(C)(C)c5cc(Br)ccc5-6)ccc3-4)cc21.c1ccc(Nc2ccc(C3OCCO3)cc2)cc1. The number of para-hydroxylation sites is 3. The van der Waals surface area contributed by atoms with Gasteiger partial charge in [0.25, 0.3) is 0 Å². The van der Waals surface area contributed by atoms with Crippen molar-refractivity contribution in [3.8, 4) is 111 Å². The highest BCUT2D eigenvalue weighted by Crippen LogP contribution is 2.60. The van der Waals surface area contributed by atoms with E-state index in [1.807, 2.05) is 54.6 Å². The summed E-state index contributed by atoms with van der Waals surface area (Å²) in [6.07, 6.45) is -0.815. The Hall–Kier alpha value is -13.9. The fourth-order valence-electron chi connectivity index (χ4n) is 24.7. The van der Waals surface area contributed by atoms with E-state index in [2.05, 4.69) is 458 Å². The maximum absolute atomic E-state index is 5.82. The molecule has 0 atom stereocenters. The van der Waals surface area contributed by atoms with Crippen molar-refractivity contribution in [3.63, 3.8) is 0 Å². The average molecular weight is 2040 g/mol. The zero-order valence-electron chi connectivity index (χ0n) is 84.4. The lowest BCUT2D eigenvalue weighted by Gasteiger charge is -2.28. The standard InChI is InChI=1S/C75H64N2O4.C45H36Br2.C15H15NO2/c1-73(2)65-41-49(51-23-33-61-63-35-29-57(45-69(63)74(3,4)67(61)43-51)76(53-13-9-7-10-14-53)55-25-17-47(18-26-55)71-78-37-38-79-71)21-31-59(65)60-32-22-50(42-66(60)73)52-24-34-62-64-36-30-58(46-70(64)75(5,6)68(62)44-52)77(54-15-11-8-12-16-54)56-27-19-48(20-28-56)72-80-39-40-81-72;1-43(2)37-19-25(27-9-15-33-35-17-11-29(46)23-41(35)44(3,4)39(33)21-27)7-13-31(37)32-14-8-26(20-38(32)43)28-10-16-34-36-18-12-30(47)24-42(36)45(5,6)40(34)22-28;1-2-4-13(5-3-1)16-14-8-6-12(7-9-14)15-17-10-11-18-15/h7-36,41-46,71-72H,37-40H2,1-6H3;7-24H,1-6H3;1-9,15-16H,10-11H2. The highest BCUT2D eigenvalue weighted by Gasteiger charge is 2.44. The van der Waals surface area contributed by atoms with Crippen LogP contribution in [-0.4, -0.2) is 39.6 Å². The van der Waals surface area contributed by atoms with Gasteiger partial charge in [-0.25, -0.2) is 0 Å². The Kier molecular flexibility index (Phi) is 23.0. The minimum Gasteiger partial charge on any atom is -0.356 e. The molecule has 0 spiro atoms. The second-order valence-electron chi connectivity index (χ2n) is 43.5. The fraction of sp³-hybridized carbons (Fsp3) is 0.200. The summed E-state index contributed by atoms with van der Waals surface area (Å²) in [4.78, 5) is 4.70. The van der Waals surface area contributed by atoms with Gasteiger partial charge in [0, 0.05) is 104 Å². The first kappa shape index (κ1) is 93.2. The van der Waals surface area contributed by atoms with Crippen LogP contribution in [0.15, 0.2) is 391 Å². The van der Waals surface area contributed by atoms with Gasteiger partial charge in [0.15, 0.2) is 18.9 Å². The molecule has 27 rings (SSSR count). The number of anilines is 8. The third-order valence-corrected chi connectivity index (χ3v) is 33.8. The third kappa shape index (κ3) is 15.9. The van der Waals surface area contributed by atoms with E-state index in [4.69, 9.17) is 28.4 Å². The van der Waals surface area contributed by atoms with Gasteiger partial charge in [-0.05, 0) is 348 Å². The zero-order valence-corrected chi connectivity index (χ0v) is 87.6. The van der Waals surface area contributed by atoms with E-state index in [0.717, 1.165) is 71.1 Å². The molecule has 18 aromatic rings. The number of hydrogen-bond donors (Lipinski definition) is 1. The van der Waals surface area contributed by atoms with Gasteiger partial charge < -0.3 is 43.5 Å². The molecular formula is C135H115Br2N3O6. The van der Waals surface area contributed by atoms with Gasteiger partial charge in [-0.15, -0.1) is 0 Å². The molecule has 0 bridgehead atoms. The van der Waals surface area contributed by atoms with Crippen LogP contribution in [0.5, 0.6) is 0 Å². The summed E-state index contributed by atoms with van der Waals surface area (Å²) >= 11 is 7.41. The largest absolute Gasteiger partial charge is 0.356 e. The molecule has 0 radical (unpaired) electrons. The molecule has 0 aromatic heterocycles. The highest BCUT2D eigenvalue weighted by molar-refractivity contribution is 9.10. The Labute approximate surface area is 874 Å². The van der Waals surface area contributed by atoms with Gasteiger partial charge in [-0.3, -0.25) is 0 Å². The van der Waals surface area contributed by atoms with Gasteiger partial charge in [0.1, 0.15) is 0 Å². The van der Waals surface area contributed by atoms with Crippen molar-refractivity contribution in [1.29, 1.82) is 0 Å². The summed E-state index contributed by atoms with van der Waals surface area (Å²) in [7, 11) is 0. The van der Waals surface area contributed by atoms with Crippen LogP contribution in [0.25, 0.3) is 111 Å². The van der Waals surface area contributed by atoms with Crippen LogP contribution in [0.4, 0.5) is 45.5 Å². The average Bonchev–Trinajstić information content (AvgIpc) is 1.57. The molecule has 720 valence electrons. The monoisotopic (exact) mass is 2030 g/mol. The number of hydrogen-bond acceptors (Lipinski definition) is 9. The summed E-state index contributed by atoms with van der Waals surface area (Å²) in [5.74, 6) is 0. The molecule has 3 heterocycles. The predicted octanol–water partition coefficient (Wildman–Crippen LogP) is 35.9. The van der Waals surface area contributed by atoms with Crippen molar-refractivity contribution in [3.05, 3.63) is 475 Å². The van der Waals surface area contributed by atoms with Crippen molar-refractivity contribution < 1.29 is 28.4 Å². The number of benzene rings is 18. The molecule has 3 fully saturated rings. The van der Waals surface area contributed by atoms with E-state index < -0.39 is 0 Å². The van der Waals surface area contributed by atoms with Crippen molar-refractivity contribution in [2.45, 2.75) is 134 Å². The maximum Gasteiger partial charge on any atom is 0.184 e. The molecular weight excluding hydrogens is 1920 g/mol. The van der Waals surface area contributed by atoms with Gasteiger partial charge in [0.05, 0.1) is 39.6 Å². The maximum atomic E-state index is 5.82. The summed E-state index contributed by atoms with van der Waals surface area (Å²) in [6, 6.07) is 141. The second-order valence-corrected chi connectivity index (χ2v) is 45.4. The molecule has 146 heavy (non-hydrogen) atoms. The van der Waals surface area contributed by atoms with Crippen molar-refractivity contribution in [2.75, 3.05) is 54.8 Å². The summed E-state index contributed by atoms with van der Waals surface area (Å²) in [6.45, 7) is 32.4. The topological polar surface area (TPSA) is 73.9 Å². The Morgan fingerprint density at radius 2 is 0.377 bits per heavy atom. The number of ether oxygens (including phenoxy) is 6. The molecule has 1 N–H and O–H groups in total. The lowest BCUT2D eigenvalue weighted by atomic mass is 9.79. The number of fused-ring (bicyclic) bond motifs is 18. The Bertz CT molecular complexity index is 7800. The first-order valence-corrected chi connectivity index (χ1v) is 52.9. The minimum absolute atomic E-state index is 0.0422. The fourth-order valence-corrected chi connectivity index (χ4v) is 25.5. The van der Waals surface area contributed by atoms with Gasteiger partial charge in [0.2, 0.25) is 0 Å². The summed E-state index contributed by atoms with van der Waals surface area (Å²) in [5, 5.41) is 3.34. The number of nitrogens with zero attached hydrogens (tertiary/aromatic N) is 2. The first-order valence-electron chi connectivity index (χ1n) is 51.3. The van der Waals surface area contributed by atoms with Gasteiger partial charge in [-0.1, -0.05) is 327 Å². The first-order chi connectivity index (χ1) is 70.7. The predicted molar refractivity (Wildman–Crippen MR) is 605 cm³/mol. The zero-order chi connectivity index (χ0) is 99.6. The molecule has 9 aliphatic rings. The third-order valence-electron chi connectivity index (χ3n) is 32.8. The molecule has 3 aliphatic heterocycles. The van der Waals surface area contributed by atoms with E-state index in [1.54, 1.807) is 0 Å². The molecule has 3 saturated heterocycles. The summed E-state index contributed by atoms with van der Waals surface area (Å²) in [5.41, 5.74) is 53.7. The van der Waals surface area contributed by atoms with E-state index in [9.17, 15) is 0 Å². The summed E-state index contributed by atoms with van der Waals surface area (Å²) < 4.78 is 36.5. The van der Waals surface area contributed by atoms with E-state index in [0.29, 0.717) is 39.6 Å². The van der Waals surface area contributed by atoms with Crippen LogP contribution in [-0.2, 0) is 60.9 Å². The van der Waals surface area contributed by atoms with Gasteiger partial charge in [-0.2, -0.15) is 0 Å². The molecule has 0 amide bonds. The van der Waals surface area contributed by atoms with Crippen LogP contribution in [0.1, 0.15) is 185 Å². The Morgan fingerprint density at radius 3 is 0.623 bits per heavy atom. The molecule has 11 heteroatoms. The highest BCUT2D eigenvalue weighted by atomic mass is 79.9. The van der Waals surface area contributed by atoms with Crippen LogP contribution in [0, 0.1) is 0 Å². The van der Waals surface area contributed by atoms with E-state index in [1.165, 1.54) is 178 Å². The molecule has 0 saturated carbocycles. The molecule has 0 unspecified atom stereocenters. The van der Waals surface area contributed by atoms with Gasteiger partial charge >= 0.3 is 0 Å². The molecule has 9 nitrogen and oxygen atoms in total. The van der Waals surface area contributed by atoms with Crippen molar-refractivity contribution >= 4 is 77.4 Å². The Morgan fingerprint density at radius 1 is 0.192 bits per heavy atom. The minimum atomic E-state index is -0.308. The van der Waals surface area contributed by atoms with E-state index >= 15 is 0 Å². The van der Waals surface area contributed by atoms with E-state index in [-0.39, 0.29) is 51.4 Å². The number of nitrogens with one attached hydrogen (secondary N) is 1. The van der Waals surface area contributed by atoms with Crippen LogP contribution in [0.2, 0.25) is 0 Å². The van der Waals surface area contributed by atoms with Crippen LogP contribution >= 0.6 is 31.9 Å². The molecule has 18 aromatic carbocycles. The normalized spacial score (nSPS) is 16.6. The number of halogens is 2. The van der Waals surface area contributed by atoms with Crippen molar-refractivity contribution in [1.82, 2.24) is 0 Å². The van der Waals surface area contributed by atoms with Crippen LogP contribution in [0.3, 0.4) is 0 Å². The second kappa shape index (κ2) is 36.0. The quantitative estimate of drug-likeness (QED) is 0.108. The smallest absolute Gasteiger partial charge is 0.184 e.